The molecule has 1 unspecified atom stereocenters. The molecular weight excluding hydrogens is 276 g/mol. The van der Waals surface area contributed by atoms with E-state index < -0.39 is 11.6 Å². The summed E-state index contributed by atoms with van der Waals surface area (Å²) in [6.45, 7) is 0.769. The molecule has 1 amide bonds. The summed E-state index contributed by atoms with van der Waals surface area (Å²) in [5.74, 6) is -1.32. The number of amides is 1. The first-order valence-electron chi connectivity index (χ1n) is 6.45. The van der Waals surface area contributed by atoms with Gasteiger partial charge in [0.25, 0.3) is 0 Å². The fourth-order valence-corrected chi connectivity index (χ4v) is 1.68. The molecule has 0 saturated heterocycles. The zero-order valence-corrected chi connectivity index (χ0v) is 11.5. The van der Waals surface area contributed by atoms with Crippen molar-refractivity contribution in [3.05, 3.63) is 30.2 Å². The van der Waals surface area contributed by atoms with Crippen molar-refractivity contribution in [1.82, 2.24) is 10.3 Å². The summed E-state index contributed by atoms with van der Waals surface area (Å²) in [7, 11) is 0. The van der Waals surface area contributed by atoms with E-state index in [2.05, 4.69) is 10.3 Å². The van der Waals surface area contributed by atoms with Crippen molar-refractivity contribution in [2.45, 2.75) is 25.4 Å². The number of rotatable bonds is 6. The van der Waals surface area contributed by atoms with E-state index in [-0.39, 0.29) is 18.9 Å². The van der Waals surface area contributed by atoms with E-state index in [9.17, 15) is 14.7 Å². The van der Waals surface area contributed by atoms with Crippen LogP contribution in [0, 0.1) is 0 Å². The van der Waals surface area contributed by atoms with Crippen molar-refractivity contribution in [2.24, 2.45) is 0 Å². The zero-order chi connectivity index (χ0) is 15.5. The van der Waals surface area contributed by atoms with E-state index in [1.807, 2.05) is 18.2 Å². The number of hydrogen-bond acceptors (Lipinski definition) is 5. The molecule has 0 bridgehead atoms. The van der Waals surface area contributed by atoms with E-state index in [0.29, 0.717) is 17.9 Å². The average Bonchev–Trinajstić information content (AvgIpc) is 2.85. The second-order valence-electron chi connectivity index (χ2n) is 4.93. The molecule has 1 atom stereocenters. The van der Waals surface area contributed by atoms with E-state index in [4.69, 9.17) is 9.52 Å². The molecule has 0 aliphatic heterocycles. The van der Waals surface area contributed by atoms with Crippen molar-refractivity contribution < 1.29 is 24.2 Å². The topological polar surface area (TPSA) is 113 Å². The largest absolute Gasteiger partial charge is 0.479 e. The number of hydrogen-bond donors (Lipinski definition) is 3. The van der Waals surface area contributed by atoms with Crippen molar-refractivity contribution in [3.63, 3.8) is 0 Å². The molecule has 0 fully saturated rings. The van der Waals surface area contributed by atoms with Crippen LogP contribution in [0.4, 0.5) is 0 Å². The summed E-state index contributed by atoms with van der Waals surface area (Å²) in [5.41, 5.74) is -0.601. The third-order valence-electron chi connectivity index (χ3n) is 2.99. The van der Waals surface area contributed by atoms with Crippen LogP contribution in [0.1, 0.15) is 19.2 Å². The van der Waals surface area contributed by atoms with Crippen LogP contribution in [0.25, 0.3) is 11.1 Å². The average molecular weight is 292 g/mol. The highest BCUT2D eigenvalue weighted by atomic mass is 16.4. The van der Waals surface area contributed by atoms with Crippen LogP contribution >= 0.6 is 0 Å². The van der Waals surface area contributed by atoms with E-state index in [1.165, 1.54) is 0 Å². The minimum absolute atomic E-state index is 0.0997. The fourth-order valence-electron chi connectivity index (χ4n) is 1.68. The second kappa shape index (κ2) is 5.92. The lowest BCUT2D eigenvalue weighted by Gasteiger charge is -2.18. The number of carboxylic acids is 1. The van der Waals surface area contributed by atoms with Crippen LogP contribution in [0.15, 0.2) is 28.7 Å². The van der Waals surface area contributed by atoms with Gasteiger partial charge in [-0.15, -0.1) is 0 Å². The Morgan fingerprint density at radius 2 is 2.10 bits per heavy atom. The molecule has 7 heteroatoms. The molecule has 0 aliphatic rings. The molecule has 0 aliphatic carbocycles. The Morgan fingerprint density at radius 1 is 1.38 bits per heavy atom. The Balaban J connectivity index is 1.85. The molecule has 0 saturated carbocycles. The maximum absolute atomic E-state index is 11.6. The highest BCUT2D eigenvalue weighted by molar-refractivity contribution is 5.80. The maximum Gasteiger partial charge on any atom is 0.337 e. The number of benzene rings is 1. The molecule has 112 valence electrons. The zero-order valence-electron chi connectivity index (χ0n) is 11.5. The van der Waals surface area contributed by atoms with Crippen LogP contribution in [0.5, 0.6) is 0 Å². The van der Waals surface area contributed by atoms with E-state index in [1.54, 1.807) is 6.07 Å². The third kappa shape index (κ3) is 3.79. The standard InChI is InChI=1S/C14H16N2O5/c1-14(20,13(18)19)8-15-11(17)6-7-12-16-9-4-2-3-5-10(9)21-12/h2-5,20H,6-8H2,1H3,(H,15,17)(H,18,19). The minimum Gasteiger partial charge on any atom is -0.479 e. The molecule has 2 rings (SSSR count). The summed E-state index contributed by atoms with van der Waals surface area (Å²) in [4.78, 5) is 26.5. The van der Waals surface area contributed by atoms with Gasteiger partial charge in [-0.2, -0.15) is 0 Å². The number of oxazole rings is 1. The van der Waals surface area contributed by atoms with Crippen molar-refractivity contribution >= 4 is 23.0 Å². The fraction of sp³-hybridized carbons (Fsp3) is 0.357. The van der Waals surface area contributed by atoms with E-state index >= 15 is 0 Å². The first-order chi connectivity index (χ1) is 9.88. The smallest absolute Gasteiger partial charge is 0.337 e. The number of aryl methyl sites for hydroxylation is 1. The minimum atomic E-state index is -1.98. The summed E-state index contributed by atoms with van der Waals surface area (Å²) in [6.07, 6.45) is 0.401. The molecule has 1 aromatic carbocycles. The van der Waals surface area contributed by atoms with Gasteiger partial charge in [-0.05, 0) is 19.1 Å². The van der Waals surface area contributed by atoms with Gasteiger partial charge in [-0.3, -0.25) is 4.79 Å². The third-order valence-corrected chi connectivity index (χ3v) is 2.99. The van der Waals surface area contributed by atoms with Crippen molar-refractivity contribution in [1.29, 1.82) is 0 Å². The predicted molar refractivity (Wildman–Crippen MR) is 73.6 cm³/mol. The Kier molecular flexibility index (Phi) is 4.23. The number of para-hydroxylation sites is 2. The Hall–Kier alpha value is -2.41. The lowest BCUT2D eigenvalue weighted by molar-refractivity contribution is -0.156. The quantitative estimate of drug-likeness (QED) is 0.723. The number of carboxylic acid groups (broad SMARTS) is 1. The number of aliphatic carboxylic acids is 1. The highest BCUT2D eigenvalue weighted by Crippen LogP contribution is 2.15. The molecule has 0 radical (unpaired) electrons. The van der Waals surface area contributed by atoms with Gasteiger partial charge in [0.15, 0.2) is 17.1 Å². The molecule has 3 N–H and O–H groups in total. The summed E-state index contributed by atoms with van der Waals surface area (Å²) in [5, 5.41) is 20.6. The molecule has 0 spiro atoms. The maximum atomic E-state index is 11.6. The number of fused-ring (bicyclic) bond motifs is 1. The van der Waals surface area contributed by atoms with Gasteiger partial charge in [0.2, 0.25) is 5.91 Å². The first kappa shape index (κ1) is 15.0. The van der Waals surface area contributed by atoms with Gasteiger partial charge < -0.3 is 19.9 Å². The Morgan fingerprint density at radius 3 is 2.76 bits per heavy atom. The lowest BCUT2D eigenvalue weighted by atomic mass is 10.1. The first-order valence-corrected chi connectivity index (χ1v) is 6.45. The van der Waals surface area contributed by atoms with Gasteiger partial charge in [-0.25, -0.2) is 9.78 Å². The highest BCUT2D eigenvalue weighted by Gasteiger charge is 2.30. The van der Waals surface area contributed by atoms with Crippen LogP contribution in [0.3, 0.4) is 0 Å². The summed E-state index contributed by atoms with van der Waals surface area (Å²) in [6, 6.07) is 7.27. The monoisotopic (exact) mass is 292 g/mol. The number of aliphatic hydroxyl groups is 1. The summed E-state index contributed by atoms with van der Waals surface area (Å²) >= 11 is 0. The number of aromatic nitrogens is 1. The van der Waals surface area contributed by atoms with Gasteiger partial charge in [0, 0.05) is 12.8 Å². The van der Waals surface area contributed by atoms with Crippen molar-refractivity contribution in [3.8, 4) is 0 Å². The Labute approximate surface area is 120 Å². The van der Waals surface area contributed by atoms with E-state index in [0.717, 1.165) is 12.4 Å². The number of carbonyl (C=O) groups is 2. The number of carbonyl (C=O) groups excluding carboxylic acids is 1. The molecule has 1 heterocycles. The van der Waals surface area contributed by atoms with Gasteiger partial charge in [0.1, 0.15) is 5.52 Å². The van der Waals surface area contributed by atoms with Gasteiger partial charge in [0.05, 0.1) is 6.54 Å². The molecule has 2 aromatic rings. The molecule has 1 aromatic heterocycles. The SMILES string of the molecule is CC(O)(CNC(=O)CCc1nc2ccccc2o1)C(=O)O. The van der Waals surface area contributed by atoms with Crippen LogP contribution in [0.2, 0.25) is 0 Å². The van der Waals surface area contributed by atoms with Crippen LogP contribution < -0.4 is 5.32 Å². The molecule has 21 heavy (non-hydrogen) atoms. The molecule has 7 nitrogen and oxygen atoms in total. The van der Waals surface area contributed by atoms with Crippen LogP contribution in [-0.4, -0.2) is 39.2 Å². The van der Waals surface area contributed by atoms with Crippen LogP contribution in [-0.2, 0) is 16.0 Å². The molecular formula is C14H16N2O5. The normalized spacial score (nSPS) is 13.8. The number of nitrogens with one attached hydrogen (secondary N) is 1. The van der Waals surface area contributed by atoms with Gasteiger partial charge in [-0.1, -0.05) is 12.1 Å². The predicted octanol–water partition coefficient (Wildman–Crippen LogP) is 0.712. The lowest BCUT2D eigenvalue weighted by Crippen LogP contribution is -2.46. The van der Waals surface area contributed by atoms with Crippen molar-refractivity contribution in [2.75, 3.05) is 6.54 Å². The second-order valence-corrected chi connectivity index (χ2v) is 4.93. The Bertz CT molecular complexity index is 629. The van der Waals surface area contributed by atoms with Gasteiger partial charge >= 0.3 is 5.97 Å². The number of nitrogens with zero attached hydrogens (tertiary/aromatic N) is 1. The summed E-state index contributed by atoms with van der Waals surface area (Å²) < 4.78 is 5.47.